The van der Waals surface area contributed by atoms with Gasteiger partial charge < -0.3 is 5.11 Å². The largest absolute Gasteiger partial charge is 0.396 e. The average Bonchev–Trinajstić information content (AvgIpc) is 2.34. The minimum Gasteiger partial charge on any atom is -0.396 e. The number of hydrogen-bond acceptors (Lipinski definition) is 3. The molecule has 1 aromatic rings. The first-order valence-corrected chi connectivity index (χ1v) is 7.62. The van der Waals surface area contributed by atoms with Gasteiger partial charge >= 0.3 is 0 Å². The van der Waals surface area contributed by atoms with E-state index in [0.29, 0.717) is 11.4 Å². The molecule has 0 spiro atoms. The first-order valence-electron chi connectivity index (χ1n) is 6.13. The molecule has 0 radical (unpaired) electrons. The van der Waals surface area contributed by atoms with Crippen molar-refractivity contribution in [1.29, 1.82) is 0 Å². The fourth-order valence-electron chi connectivity index (χ4n) is 1.68. The SMILES string of the molecule is Cc1ccccc1S(=O)(=O)NCCCC(C)CO. The van der Waals surface area contributed by atoms with Crippen molar-refractivity contribution in [2.45, 2.75) is 31.6 Å². The molecule has 0 amide bonds. The molecule has 2 N–H and O–H groups in total. The number of benzene rings is 1. The van der Waals surface area contributed by atoms with Crippen LogP contribution in [0.3, 0.4) is 0 Å². The normalized spacial score (nSPS) is 13.5. The second-order valence-corrected chi connectivity index (χ2v) is 6.33. The van der Waals surface area contributed by atoms with Crippen molar-refractivity contribution in [3.05, 3.63) is 29.8 Å². The summed E-state index contributed by atoms with van der Waals surface area (Å²) in [5.74, 6) is 0.216. The molecule has 0 saturated carbocycles. The van der Waals surface area contributed by atoms with Gasteiger partial charge in [0.2, 0.25) is 10.0 Å². The van der Waals surface area contributed by atoms with Crippen LogP contribution in [-0.4, -0.2) is 26.7 Å². The van der Waals surface area contributed by atoms with Gasteiger partial charge in [-0.25, -0.2) is 13.1 Å². The number of aryl methyl sites for hydroxylation is 1. The molecule has 0 aliphatic heterocycles. The fraction of sp³-hybridized carbons (Fsp3) is 0.538. The van der Waals surface area contributed by atoms with E-state index in [1.54, 1.807) is 25.1 Å². The lowest BCUT2D eigenvalue weighted by molar-refractivity contribution is 0.228. The molecule has 0 fully saturated rings. The quantitative estimate of drug-likeness (QED) is 0.742. The Bertz CT molecular complexity index is 471. The average molecular weight is 271 g/mol. The summed E-state index contributed by atoms with van der Waals surface area (Å²) in [6.07, 6.45) is 1.54. The standard InChI is InChI=1S/C13H21NO3S/c1-11(10-15)6-5-9-14-18(16,17)13-8-4-3-7-12(13)2/h3-4,7-8,11,14-15H,5-6,9-10H2,1-2H3. The number of hydrogen-bond donors (Lipinski definition) is 2. The van der Waals surface area contributed by atoms with Crippen LogP contribution in [0.1, 0.15) is 25.3 Å². The number of sulfonamides is 1. The summed E-state index contributed by atoms with van der Waals surface area (Å²) >= 11 is 0. The monoisotopic (exact) mass is 271 g/mol. The fourth-order valence-corrected chi connectivity index (χ4v) is 3.00. The van der Waals surface area contributed by atoms with Gasteiger partial charge in [0.05, 0.1) is 4.90 Å². The van der Waals surface area contributed by atoms with E-state index in [2.05, 4.69) is 4.72 Å². The van der Waals surface area contributed by atoms with Gasteiger partial charge in [0, 0.05) is 13.2 Å². The predicted octanol–water partition coefficient (Wildman–Crippen LogP) is 1.68. The Morgan fingerprint density at radius 2 is 2.00 bits per heavy atom. The molecule has 1 unspecified atom stereocenters. The van der Waals surface area contributed by atoms with Crippen LogP contribution < -0.4 is 4.72 Å². The Kier molecular flexibility index (Phi) is 5.78. The molecule has 102 valence electrons. The van der Waals surface area contributed by atoms with Crippen LogP contribution in [0.5, 0.6) is 0 Å². The molecule has 4 nitrogen and oxygen atoms in total. The second kappa shape index (κ2) is 6.87. The van der Waals surface area contributed by atoms with E-state index >= 15 is 0 Å². The first-order chi connectivity index (χ1) is 8.47. The highest BCUT2D eigenvalue weighted by atomic mass is 32.2. The van der Waals surface area contributed by atoms with Crippen molar-refractivity contribution in [2.75, 3.05) is 13.2 Å². The van der Waals surface area contributed by atoms with Crippen LogP contribution in [0.15, 0.2) is 29.2 Å². The maximum absolute atomic E-state index is 12.0. The Morgan fingerprint density at radius 1 is 1.33 bits per heavy atom. The third-order valence-electron chi connectivity index (χ3n) is 2.86. The van der Waals surface area contributed by atoms with E-state index < -0.39 is 10.0 Å². The van der Waals surface area contributed by atoms with Crippen LogP contribution in [0.25, 0.3) is 0 Å². The van der Waals surface area contributed by atoms with Crippen LogP contribution in [0.2, 0.25) is 0 Å². The van der Waals surface area contributed by atoms with Crippen LogP contribution in [0.4, 0.5) is 0 Å². The zero-order valence-corrected chi connectivity index (χ0v) is 11.7. The zero-order valence-electron chi connectivity index (χ0n) is 10.9. The lowest BCUT2D eigenvalue weighted by atomic mass is 10.1. The molecule has 1 atom stereocenters. The highest BCUT2D eigenvalue weighted by molar-refractivity contribution is 7.89. The van der Waals surface area contributed by atoms with Gasteiger partial charge in [-0.2, -0.15) is 0 Å². The third kappa shape index (κ3) is 4.40. The minimum absolute atomic E-state index is 0.143. The molecule has 0 heterocycles. The summed E-state index contributed by atoms with van der Waals surface area (Å²) in [6, 6.07) is 6.92. The Balaban J connectivity index is 2.54. The van der Waals surface area contributed by atoms with E-state index in [0.717, 1.165) is 18.4 Å². The molecule has 0 aliphatic carbocycles. The topological polar surface area (TPSA) is 66.4 Å². The summed E-state index contributed by atoms with van der Waals surface area (Å²) in [6.45, 7) is 4.27. The summed E-state index contributed by atoms with van der Waals surface area (Å²) in [5, 5.41) is 8.87. The van der Waals surface area contributed by atoms with Crippen molar-refractivity contribution < 1.29 is 13.5 Å². The van der Waals surface area contributed by atoms with Crippen molar-refractivity contribution in [1.82, 2.24) is 4.72 Å². The summed E-state index contributed by atoms with van der Waals surface area (Å²) < 4.78 is 26.6. The molecule has 5 heteroatoms. The van der Waals surface area contributed by atoms with Crippen molar-refractivity contribution in [3.63, 3.8) is 0 Å². The number of aliphatic hydroxyl groups is 1. The van der Waals surface area contributed by atoms with Crippen LogP contribution >= 0.6 is 0 Å². The molecule has 0 saturated heterocycles. The molecule has 0 aliphatic rings. The van der Waals surface area contributed by atoms with E-state index in [1.807, 2.05) is 13.0 Å². The first kappa shape index (κ1) is 15.1. The minimum atomic E-state index is -3.41. The van der Waals surface area contributed by atoms with Gasteiger partial charge in [0.25, 0.3) is 0 Å². The Morgan fingerprint density at radius 3 is 2.61 bits per heavy atom. The van der Waals surface area contributed by atoms with E-state index in [4.69, 9.17) is 5.11 Å². The summed E-state index contributed by atoms with van der Waals surface area (Å²) in [5.41, 5.74) is 0.744. The number of nitrogens with one attached hydrogen (secondary N) is 1. The molecule has 0 aromatic heterocycles. The number of aliphatic hydroxyl groups excluding tert-OH is 1. The van der Waals surface area contributed by atoms with Gasteiger partial charge in [0.1, 0.15) is 0 Å². The Hall–Kier alpha value is -0.910. The summed E-state index contributed by atoms with van der Waals surface area (Å²) in [4.78, 5) is 0.334. The van der Waals surface area contributed by atoms with Crippen LogP contribution in [0, 0.1) is 12.8 Å². The van der Waals surface area contributed by atoms with Gasteiger partial charge in [0.15, 0.2) is 0 Å². The van der Waals surface area contributed by atoms with Crippen molar-refractivity contribution >= 4 is 10.0 Å². The maximum atomic E-state index is 12.0. The van der Waals surface area contributed by atoms with Gasteiger partial charge in [-0.3, -0.25) is 0 Å². The third-order valence-corrected chi connectivity index (χ3v) is 4.48. The highest BCUT2D eigenvalue weighted by Crippen LogP contribution is 2.13. The van der Waals surface area contributed by atoms with E-state index in [9.17, 15) is 8.42 Å². The maximum Gasteiger partial charge on any atom is 0.240 e. The molecule has 1 rings (SSSR count). The molecule has 1 aromatic carbocycles. The zero-order chi connectivity index (χ0) is 13.6. The Labute approximate surface area is 109 Å². The molecule has 18 heavy (non-hydrogen) atoms. The lowest BCUT2D eigenvalue weighted by Crippen LogP contribution is -2.25. The van der Waals surface area contributed by atoms with Crippen LogP contribution in [-0.2, 0) is 10.0 Å². The summed E-state index contributed by atoms with van der Waals surface area (Å²) in [7, 11) is -3.41. The van der Waals surface area contributed by atoms with Gasteiger partial charge in [-0.15, -0.1) is 0 Å². The molecule has 0 bridgehead atoms. The number of rotatable bonds is 7. The van der Waals surface area contributed by atoms with Crippen molar-refractivity contribution in [2.24, 2.45) is 5.92 Å². The predicted molar refractivity (Wildman–Crippen MR) is 71.9 cm³/mol. The van der Waals surface area contributed by atoms with Crippen molar-refractivity contribution in [3.8, 4) is 0 Å². The van der Waals surface area contributed by atoms with E-state index in [-0.39, 0.29) is 12.5 Å². The van der Waals surface area contributed by atoms with Gasteiger partial charge in [-0.05, 0) is 37.3 Å². The second-order valence-electron chi connectivity index (χ2n) is 4.59. The smallest absolute Gasteiger partial charge is 0.240 e. The molecular formula is C13H21NO3S. The lowest BCUT2D eigenvalue weighted by Gasteiger charge is -2.10. The molecular weight excluding hydrogens is 250 g/mol. The van der Waals surface area contributed by atoms with E-state index in [1.165, 1.54) is 0 Å². The highest BCUT2D eigenvalue weighted by Gasteiger charge is 2.15. The van der Waals surface area contributed by atoms with Gasteiger partial charge in [-0.1, -0.05) is 25.1 Å².